The van der Waals surface area contributed by atoms with Crippen molar-refractivity contribution >= 4 is 0 Å². The van der Waals surface area contributed by atoms with Gasteiger partial charge >= 0.3 is 0 Å². The molecule has 2 rings (SSSR count). The highest BCUT2D eigenvalue weighted by atomic mass is 19.1. The number of ether oxygens (including phenoxy) is 1. The van der Waals surface area contributed by atoms with E-state index in [1.54, 1.807) is 6.07 Å². The Hall–Kier alpha value is -2.34. The molecule has 96 valence electrons. The van der Waals surface area contributed by atoms with E-state index in [1.165, 1.54) is 12.1 Å². The molecule has 0 spiro atoms. The van der Waals surface area contributed by atoms with Crippen molar-refractivity contribution in [2.75, 3.05) is 0 Å². The molecule has 0 bridgehead atoms. The number of aryl methyl sites for hydroxylation is 2. The van der Waals surface area contributed by atoms with Crippen molar-refractivity contribution < 1.29 is 9.13 Å². The van der Waals surface area contributed by atoms with Crippen LogP contribution in [-0.2, 0) is 6.61 Å². The molecule has 0 amide bonds. The van der Waals surface area contributed by atoms with Gasteiger partial charge in [-0.3, -0.25) is 0 Å². The van der Waals surface area contributed by atoms with Crippen LogP contribution < -0.4 is 4.74 Å². The summed E-state index contributed by atoms with van der Waals surface area (Å²) in [7, 11) is 0. The van der Waals surface area contributed by atoms with Crippen LogP contribution >= 0.6 is 0 Å². The molecule has 0 aliphatic heterocycles. The molecule has 0 aliphatic rings. The predicted octanol–water partition coefficient (Wildman–Crippen LogP) is 3.89. The van der Waals surface area contributed by atoms with E-state index in [1.807, 2.05) is 32.0 Å². The molecule has 0 heterocycles. The van der Waals surface area contributed by atoms with Gasteiger partial charge < -0.3 is 4.74 Å². The third-order valence-corrected chi connectivity index (χ3v) is 2.74. The van der Waals surface area contributed by atoms with Crippen molar-refractivity contribution in [1.82, 2.24) is 0 Å². The average Bonchev–Trinajstić information content (AvgIpc) is 2.36. The summed E-state index contributed by atoms with van der Waals surface area (Å²) in [5, 5.41) is 8.66. The van der Waals surface area contributed by atoms with Crippen LogP contribution in [0.4, 0.5) is 4.39 Å². The third-order valence-electron chi connectivity index (χ3n) is 2.74. The molecule has 0 aliphatic carbocycles. The number of nitrogens with zero attached hydrogens (tertiary/aromatic N) is 1. The number of nitriles is 1. The van der Waals surface area contributed by atoms with Gasteiger partial charge in [0.05, 0.1) is 11.6 Å². The van der Waals surface area contributed by atoms with E-state index >= 15 is 0 Å². The topological polar surface area (TPSA) is 33.0 Å². The van der Waals surface area contributed by atoms with Gasteiger partial charge in [-0.25, -0.2) is 4.39 Å². The lowest BCUT2D eigenvalue weighted by atomic mass is 10.1. The minimum atomic E-state index is -0.511. The molecule has 0 N–H and O–H groups in total. The number of hydrogen-bond acceptors (Lipinski definition) is 2. The Bertz CT molecular complexity index is 623. The van der Waals surface area contributed by atoms with Crippen LogP contribution in [0.1, 0.15) is 22.3 Å². The molecule has 2 aromatic carbocycles. The van der Waals surface area contributed by atoms with E-state index in [2.05, 4.69) is 6.07 Å². The summed E-state index contributed by atoms with van der Waals surface area (Å²) in [4.78, 5) is 0. The Morgan fingerprint density at radius 2 is 1.79 bits per heavy atom. The minimum Gasteiger partial charge on any atom is -0.486 e. The van der Waals surface area contributed by atoms with Crippen LogP contribution in [-0.4, -0.2) is 0 Å². The van der Waals surface area contributed by atoms with Crippen LogP contribution in [0.15, 0.2) is 36.4 Å². The fourth-order valence-electron chi connectivity index (χ4n) is 2.00. The molecule has 0 saturated carbocycles. The summed E-state index contributed by atoms with van der Waals surface area (Å²) in [6.07, 6.45) is 0. The first-order chi connectivity index (χ1) is 9.08. The van der Waals surface area contributed by atoms with Gasteiger partial charge in [0.15, 0.2) is 11.6 Å². The summed E-state index contributed by atoms with van der Waals surface area (Å²) in [5.74, 6) is -0.346. The summed E-state index contributed by atoms with van der Waals surface area (Å²) >= 11 is 0. The van der Waals surface area contributed by atoms with Crippen LogP contribution in [0.25, 0.3) is 0 Å². The lowest BCUT2D eigenvalue weighted by Crippen LogP contribution is -1.98. The summed E-state index contributed by atoms with van der Waals surface area (Å²) in [6.45, 7) is 4.34. The Labute approximate surface area is 112 Å². The van der Waals surface area contributed by atoms with Crippen molar-refractivity contribution in [1.29, 1.82) is 5.26 Å². The van der Waals surface area contributed by atoms with E-state index in [0.717, 1.165) is 16.7 Å². The maximum atomic E-state index is 13.6. The van der Waals surface area contributed by atoms with Crippen LogP contribution in [0.3, 0.4) is 0 Å². The van der Waals surface area contributed by atoms with Crippen LogP contribution in [0.2, 0.25) is 0 Å². The number of rotatable bonds is 3. The zero-order chi connectivity index (χ0) is 13.8. The Morgan fingerprint density at radius 3 is 2.37 bits per heavy atom. The summed E-state index contributed by atoms with van der Waals surface area (Å²) < 4.78 is 19.1. The molecule has 0 unspecified atom stereocenters. The highest BCUT2D eigenvalue weighted by molar-refractivity contribution is 5.36. The molecule has 0 aromatic heterocycles. The first-order valence-electron chi connectivity index (χ1n) is 5.98. The zero-order valence-electron chi connectivity index (χ0n) is 10.9. The second-order valence-electron chi connectivity index (χ2n) is 4.54. The first kappa shape index (κ1) is 13.1. The van der Waals surface area contributed by atoms with E-state index in [9.17, 15) is 4.39 Å². The Balaban J connectivity index is 2.12. The fourth-order valence-corrected chi connectivity index (χ4v) is 2.00. The number of hydrogen-bond donors (Lipinski definition) is 0. The molecule has 0 fully saturated rings. The highest BCUT2D eigenvalue weighted by Crippen LogP contribution is 2.20. The average molecular weight is 255 g/mol. The van der Waals surface area contributed by atoms with E-state index < -0.39 is 5.82 Å². The van der Waals surface area contributed by atoms with Gasteiger partial charge in [-0.05, 0) is 37.6 Å². The quantitative estimate of drug-likeness (QED) is 0.833. The molecular weight excluding hydrogens is 241 g/mol. The smallest absolute Gasteiger partial charge is 0.166 e. The van der Waals surface area contributed by atoms with Crippen molar-refractivity contribution in [2.24, 2.45) is 0 Å². The SMILES string of the molecule is Cc1cc(C)cc(COc2ccc(C#N)cc2F)c1. The van der Waals surface area contributed by atoms with Gasteiger partial charge in [0.1, 0.15) is 6.61 Å². The summed E-state index contributed by atoms with van der Waals surface area (Å²) in [6, 6.07) is 12.2. The monoisotopic (exact) mass is 255 g/mol. The van der Waals surface area contributed by atoms with Crippen molar-refractivity contribution in [3.8, 4) is 11.8 Å². The second-order valence-corrected chi connectivity index (χ2v) is 4.54. The Kier molecular flexibility index (Phi) is 3.82. The van der Waals surface area contributed by atoms with E-state index in [4.69, 9.17) is 10.00 Å². The molecule has 3 heteroatoms. The zero-order valence-corrected chi connectivity index (χ0v) is 10.9. The van der Waals surface area contributed by atoms with Crippen molar-refractivity contribution in [3.05, 3.63) is 64.5 Å². The number of benzene rings is 2. The molecule has 2 nitrogen and oxygen atoms in total. The maximum absolute atomic E-state index is 13.6. The molecule has 0 saturated heterocycles. The maximum Gasteiger partial charge on any atom is 0.166 e. The lowest BCUT2D eigenvalue weighted by molar-refractivity contribution is 0.290. The van der Waals surface area contributed by atoms with Gasteiger partial charge in [-0.15, -0.1) is 0 Å². The molecule has 0 atom stereocenters. The first-order valence-corrected chi connectivity index (χ1v) is 5.98. The van der Waals surface area contributed by atoms with Crippen LogP contribution in [0.5, 0.6) is 5.75 Å². The second kappa shape index (κ2) is 5.53. The van der Waals surface area contributed by atoms with Crippen LogP contribution in [0, 0.1) is 31.0 Å². The van der Waals surface area contributed by atoms with Gasteiger partial charge in [0.2, 0.25) is 0 Å². The predicted molar refractivity (Wildman–Crippen MR) is 71.4 cm³/mol. The van der Waals surface area contributed by atoms with Crippen molar-refractivity contribution in [3.63, 3.8) is 0 Å². The molecular formula is C16H14FNO. The van der Waals surface area contributed by atoms with Gasteiger partial charge in [-0.1, -0.05) is 29.3 Å². The summed E-state index contributed by atoms with van der Waals surface area (Å²) in [5.41, 5.74) is 3.59. The normalized spacial score (nSPS) is 10.0. The highest BCUT2D eigenvalue weighted by Gasteiger charge is 2.05. The molecule has 0 radical (unpaired) electrons. The number of halogens is 1. The van der Waals surface area contributed by atoms with Gasteiger partial charge in [-0.2, -0.15) is 5.26 Å². The van der Waals surface area contributed by atoms with Crippen molar-refractivity contribution in [2.45, 2.75) is 20.5 Å². The molecule has 19 heavy (non-hydrogen) atoms. The van der Waals surface area contributed by atoms with Gasteiger partial charge in [0.25, 0.3) is 0 Å². The van der Waals surface area contributed by atoms with Gasteiger partial charge in [0, 0.05) is 0 Å². The molecule has 2 aromatic rings. The lowest BCUT2D eigenvalue weighted by Gasteiger charge is -2.09. The van der Waals surface area contributed by atoms with E-state index in [0.29, 0.717) is 6.61 Å². The fraction of sp³-hybridized carbons (Fsp3) is 0.188. The Morgan fingerprint density at radius 1 is 1.11 bits per heavy atom. The van der Waals surface area contributed by atoms with E-state index in [-0.39, 0.29) is 11.3 Å². The largest absolute Gasteiger partial charge is 0.486 e. The third kappa shape index (κ3) is 3.32. The minimum absolute atomic E-state index is 0.165. The standard InChI is InChI=1S/C16H14FNO/c1-11-5-12(2)7-14(6-11)10-19-16-4-3-13(9-18)8-15(16)17/h3-8H,10H2,1-2H3.